The van der Waals surface area contributed by atoms with Crippen LogP contribution >= 0.6 is 11.8 Å². The third kappa shape index (κ3) is 2.94. The number of hydrogen-bond acceptors (Lipinski definition) is 4. The average molecular weight is 380 g/mol. The van der Waals surface area contributed by atoms with E-state index in [1.807, 2.05) is 30.5 Å². The lowest BCUT2D eigenvalue weighted by molar-refractivity contribution is -0.122. The molecule has 2 heterocycles. The molecule has 2 aliphatic rings. The van der Waals surface area contributed by atoms with Gasteiger partial charge in [0.15, 0.2) is 0 Å². The summed E-state index contributed by atoms with van der Waals surface area (Å²) in [6.07, 6.45) is 3.19. The first-order valence-corrected chi connectivity index (χ1v) is 10.4. The molecule has 4 rings (SSSR count). The molecule has 0 fully saturated rings. The highest BCUT2D eigenvalue weighted by Crippen LogP contribution is 2.31. The van der Waals surface area contributed by atoms with E-state index in [0.717, 1.165) is 17.7 Å². The number of carbonyl (C=O) groups is 3. The molecule has 2 aromatic carbocycles. The van der Waals surface area contributed by atoms with Crippen LogP contribution in [0, 0.1) is 0 Å². The minimum atomic E-state index is -0.781. The predicted octanol–water partition coefficient (Wildman–Crippen LogP) is 2.99. The summed E-state index contributed by atoms with van der Waals surface area (Å²) in [5.41, 5.74) is 2.77. The lowest BCUT2D eigenvalue weighted by Crippen LogP contribution is -2.51. The van der Waals surface area contributed by atoms with Crippen molar-refractivity contribution < 1.29 is 14.4 Å². The van der Waals surface area contributed by atoms with Crippen LogP contribution in [-0.4, -0.2) is 47.2 Å². The molecule has 2 aromatic rings. The number of nitrogens with zero attached hydrogens (tertiary/aromatic N) is 2. The number of imide groups is 1. The summed E-state index contributed by atoms with van der Waals surface area (Å²) >= 11 is 1.60. The van der Waals surface area contributed by atoms with Crippen molar-refractivity contribution in [2.45, 2.75) is 18.9 Å². The van der Waals surface area contributed by atoms with Crippen molar-refractivity contribution in [1.82, 2.24) is 4.90 Å². The molecule has 2 aliphatic heterocycles. The number of rotatable bonds is 5. The van der Waals surface area contributed by atoms with E-state index in [1.165, 1.54) is 4.90 Å². The fourth-order valence-electron chi connectivity index (χ4n) is 3.83. The summed E-state index contributed by atoms with van der Waals surface area (Å²) in [4.78, 5) is 42.1. The fraction of sp³-hybridized carbons (Fsp3) is 0.286. The highest BCUT2D eigenvalue weighted by Gasteiger charge is 2.44. The van der Waals surface area contributed by atoms with E-state index in [1.54, 1.807) is 40.9 Å². The lowest BCUT2D eigenvalue weighted by Gasteiger charge is -2.29. The van der Waals surface area contributed by atoms with Gasteiger partial charge in [0.2, 0.25) is 5.91 Å². The van der Waals surface area contributed by atoms with Crippen molar-refractivity contribution >= 4 is 35.2 Å². The third-order valence-corrected chi connectivity index (χ3v) is 5.81. The zero-order valence-corrected chi connectivity index (χ0v) is 15.9. The minimum Gasteiger partial charge on any atom is -0.310 e. The summed E-state index contributed by atoms with van der Waals surface area (Å²) in [6, 6.07) is 13.8. The van der Waals surface area contributed by atoms with Crippen LogP contribution < -0.4 is 4.90 Å². The van der Waals surface area contributed by atoms with Crippen molar-refractivity contribution in [3.8, 4) is 0 Å². The number of hydrogen-bond donors (Lipinski definition) is 0. The van der Waals surface area contributed by atoms with Crippen molar-refractivity contribution in [3.05, 3.63) is 65.2 Å². The first-order chi connectivity index (χ1) is 13.1. The van der Waals surface area contributed by atoms with Gasteiger partial charge in [-0.05, 0) is 48.6 Å². The molecular formula is C21H20N2O3S. The van der Waals surface area contributed by atoms with E-state index < -0.39 is 6.04 Å². The standard InChI is InChI=1S/C21H20N2O3S/c1-27-13-11-18(21(26)22-12-10-14-6-2-5-9-17(14)22)23-19(24)15-7-3-4-8-16(15)20(23)25/h2-9,18H,10-13H2,1H3. The van der Waals surface area contributed by atoms with E-state index in [9.17, 15) is 14.4 Å². The first kappa shape index (κ1) is 17.8. The van der Waals surface area contributed by atoms with Gasteiger partial charge < -0.3 is 4.90 Å². The van der Waals surface area contributed by atoms with Gasteiger partial charge in [0, 0.05) is 12.2 Å². The van der Waals surface area contributed by atoms with Crippen molar-refractivity contribution in [2.75, 3.05) is 23.5 Å². The van der Waals surface area contributed by atoms with Gasteiger partial charge in [-0.3, -0.25) is 19.3 Å². The van der Waals surface area contributed by atoms with Gasteiger partial charge in [-0.15, -0.1) is 0 Å². The summed E-state index contributed by atoms with van der Waals surface area (Å²) in [7, 11) is 0. The molecule has 0 radical (unpaired) electrons. The Kier molecular flexibility index (Phi) is 4.74. The molecule has 0 N–H and O–H groups in total. The summed E-state index contributed by atoms with van der Waals surface area (Å²) in [5.74, 6) is -0.229. The van der Waals surface area contributed by atoms with Crippen molar-refractivity contribution in [3.63, 3.8) is 0 Å². The van der Waals surface area contributed by atoms with Crippen LogP contribution in [-0.2, 0) is 11.2 Å². The topological polar surface area (TPSA) is 57.7 Å². The van der Waals surface area contributed by atoms with Gasteiger partial charge in [0.05, 0.1) is 11.1 Å². The molecule has 3 amide bonds. The lowest BCUT2D eigenvalue weighted by atomic mass is 10.1. The second-order valence-corrected chi connectivity index (χ2v) is 7.68. The number of fused-ring (bicyclic) bond motifs is 2. The van der Waals surface area contributed by atoms with Gasteiger partial charge in [-0.25, -0.2) is 0 Å². The normalized spacial score (nSPS) is 16.5. The second-order valence-electron chi connectivity index (χ2n) is 6.69. The Hall–Kier alpha value is -2.60. The number of carbonyl (C=O) groups excluding carboxylic acids is 3. The number of benzene rings is 2. The molecule has 5 nitrogen and oxygen atoms in total. The SMILES string of the molecule is CSCCC(C(=O)N1CCc2ccccc21)N1C(=O)c2ccccc2C1=O. The Morgan fingerprint density at radius 2 is 1.67 bits per heavy atom. The molecule has 1 atom stereocenters. The van der Waals surface area contributed by atoms with E-state index >= 15 is 0 Å². The monoisotopic (exact) mass is 380 g/mol. The van der Waals surface area contributed by atoms with Crippen LogP contribution in [0.15, 0.2) is 48.5 Å². The quantitative estimate of drug-likeness (QED) is 0.749. The maximum absolute atomic E-state index is 13.4. The Morgan fingerprint density at radius 1 is 1.04 bits per heavy atom. The van der Waals surface area contributed by atoms with Crippen LogP contribution in [0.2, 0.25) is 0 Å². The smallest absolute Gasteiger partial charge is 0.262 e. The molecule has 6 heteroatoms. The molecule has 0 spiro atoms. The molecule has 27 heavy (non-hydrogen) atoms. The largest absolute Gasteiger partial charge is 0.310 e. The van der Waals surface area contributed by atoms with E-state index in [2.05, 4.69) is 0 Å². The molecule has 0 aromatic heterocycles. The summed E-state index contributed by atoms with van der Waals surface area (Å²) in [6.45, 7) is 0.580. The van der Waals surface area contributed by atoms with Crippen molar-refractivity contribution in [2.24, 2.45) is 0 Å². The Morgan fingerprint density at radius 3 is 2.33 bits per heavy atom. The Bertz CT molecular complexity index is 892. The maximum Gasteiger partial charge on any atom is 0.262 e. The van der Waals surface area contributed by atoms with Crippen LogP contribution in [0.4, 0.5) is 5.69 Å². The van der Waals surface area contributed by atoms with Gasteiger partial charge >= 0.3 is 0 Å². The van der Waals surface area contributed by atoms with Crippen molar-refractivity contribution in [1.29, 1.82) is 0 Å². The third-order valence-electron chi connectivity index (χ3n) is 5.17. The number of anilines is 1. The van der Waals surface area contributed by atoms with Gasteiger partial charge in [0.1, 0.15) is 6.04 Å². The highest BCUT2D eigenvalue weighted by molar-refractivity contribution is 7.98. The van der Waals surface area contributed by atoms with E-state index in [-0.39, 0.29) is 17.7 Å². The summed E-state index contributed by atoms with van der Waals surface area (Å²) in [5, 5.41) is 0. The minimum absolute atomic E-state index is 0.177. The van der Waals surface area contributed by atoms with Gasteiger partial charge in [0.25, 0.3) is 11.8 Å². The van der Waals surface area contributed by atoms with Gasteiger partial charge in [-0.1, -0.05) is 30.3 Å². The fourth-order valence-corrected chi connectivity index (χ4v) is 4.29. The molecular weight excluding hydrogens is 360 g/mol. The van der Waals surface area contributed by atoms with Gasteiger partial charge in [-0.2, -0.15) is 11.8 Å². The second kappa shape index (κ2) is 7.19. The zero-order chi connectivity index (χ0) is 19.0. The first-order valence-electron chi connectivity index (χ1n) is 8.98. The zero-order valence-electron chi connectivity index (χ0n) is 15.1. The maximum atomic E-state index is 13.4. The molecule has 138 valence electrons. The highest BCUT2D eigenvalue weighted by atomic mass is 32.2. The molecule has 0 saturated carbocycles. The number of para-hydroxylation sites is 1. The molecule has 1 unspecified atom stereocenters. The van der Waals surface area contributed by atoms with Crippen LogP contribution in [0.25, 0.3) is 0 Å². The van der Waals surface area contributed by atoms with E-state index in [4.69, 9.17) is 0 Å². The molecule has 0 aliphatic carbocycles. The van der Waals surface area contributed by atoms with Crippen LogP contribution in [0.1, 0.15) is 32.7 Å². The summed E-state index contributed by atoms with van der Waals surface area (Å²) < 4.78 is 0. The van der Waals surface area contributed by atoms with E-state index in [0.29, 0.717) is 29.8 Å². The van der Waals surface area contributed by atoms with Crippen LogP contribution in [0.3, 0.4) is 0 Å². The molecule has 0 saturated heterocycles. The number of thioether (sulfide) groups is 1. The Balaban J connectivity index is 1.68. The Labute approximate surface area is 162 Å². The number of amides is 3. The molecule has 0 bridgehead atoms. The average Bonchev–Trinajstić information content (AvgIpc) is 3.23. The van der Waals surface area contributed by atoms with Crippen LogP contribution in [0.5, 0.6) is 0 Å². The predicted molar refractivity (Wildman–Crippen MR) is 106 cm³/mol.